The summed E-state index contributed by atoms with van der Waals surface area (Å²) >= 11 is 0. The summed E-state index contributed by atoms with van der Waals surface area (Å²) in [5.74, 6) is -0.464. The van der Waals surface area contributed by atoms with E-state index >= 15 is 0 Å². The van der Waals surface area contributed by atoms with Crippen molar-refractivity contribution >= 4 is 38.9 Å². The molecule has 0 aliphatic rings. The van der Waals surface area contributed by atoms with Crippen LogP contribution in [-0.2, 0) is 6.54 Å². The van der Waals surface area contributed by atoms with E-state index in [1.54, 1.807) is 0 Å². The van der Waals surface area contributed by atoms with Gasteiger partial charge in [0.25, 0.3) is 0 Å². The number of hydrogen-bond donors (Lipinski definition) is 0. The number of para-hydroxylation sites is 3. The van der Waals surface area contributed by atoms with Gasteiger partial charge >= 0.3 is 0 Å². The van der Waals surface area contributed by atoms with Gasteiger partial charge in [-0.2, -0.15) is 0 Å². The highest BCUT2D eigenvalue weighted by Gasteiger charge is 2.17. The molecule has 0 saturated carbocycles. The highest BCUT2D eigenvalue weighted by molar-refractivity contribution is 6.08. The molecule has 5 aromatic rings. The summed E-state index contributed by atoms with van der Waals surface area (Å²) in [5, 5.41) is 0.956. The fourth-order valence-electron chi connectivity index (χ4n) is 3.41. The zero-order valence-electron chi connectivity index (χ0n) is 14.3. The predicted octanol–water partition coefficient (Wildman–Crippen LogP) is 4.76. The normalized spacial score (nSPS) is 11.4. The molecular formula is C22H14FN3O. The quantitative estimate of drug-likeness (QED) is 0.438. The standard InChI is InChI=1S/C22H14FN3O/c23-15-11-9-14(10-12-15)20(27)13-26-19-8-4-1-5-16(19)21-22(26)25-18-7-3-2-6-17(18)24-21/h1-12H,13H2. The smallest absolute Gasteiger partial charge is 0.182 e. The molecule has 0 aliphatic heterocycles. The summed E-state index contributed by atoms with van der Waals surface area (Å²) in [4.78, 5) is 22.3. The molecule has 0 unspecified atom stereocenters. The molecule has 5 heteroatoms. The van der Waals surface area contributed by atoms with Gasteiger partial charge in [-0.3, -0.25) is 4.79 Å². The summed E-state index contributed by atoms with van der Waals surface area (Å²) in [6.07, 6.45) is 0. The van der Waals surface area contributed by atoms with Gasteiger partial charge in [-0.25, -0.2) is 14.4 Å². The number of fused-ring (bicyclic) bond motifs is 4. The maximum absolute atomic E-state index is 13.2. The van der Waals surface area contributed by atoms with Crippen LogP contribution in [0, 0.1) is 5.82 Å². The van der Waals surface area contributed by atoms with Crippen molar-refractivity contribution in [2.24, 2.45) is 0 Å². The van der Waals surface area contributed by atoms with Crippen molar-refractivity contribution in [2.75, 3.05) is 0 Å². The largest absolute Gasteiger partial charge is 0.316 e. The zero-order chi connectivity index (χ0) is 18.4. The average Bonchev–Trinajstić information content (AvgIpc) is 3.00. The Kier molecular flexibility index (Phi) is 3.47. The molecule has 130 valence electrons. The molecule has 0 amide bonds. The molecule has 0 aliphatic carbocycles. The summed E-state index contributed by atoms with van der Waals surface area (Å²) < 4.78 is 15.0. The number of hydrogen-bond acceptors (Lipinski definition) is 3. The van der Waals surface area contributed by atoms with E-state index in [4.69, 9.17) is 9.97 Å². The lowest BCUT2D eigenvalue weighted by atomic mass is 10.1. The van der Waals surface area contributed by atoms with Gasteiger partial charge in [0.15, 0.2) is 11.4 Å². The van der Waals surface area contributed by atoms with Gasteiger partial charge in [-0.15, -0.1) is 0 Å². The molecule has 0 fully saturated rings. The number of nitrogens with zero attached hydrogens (tertiary/aromatic N) is 3. The van der Waals surface area contributed by atoms with Gasteiger partial charge in [0.1, 0.15) is 11.3 Å². The summed E-state index contributed by atoms with van der Waals surface area (Å²) in [6, 6.07) is 21.1. The molecule has 2 heterocycles. The van der Waals surface area contributed by atoms with E-state index in [-0.39, 0.29) is 18.1 Å². The number of carbonyl (C=O) groups is 1. The number of aromatic nitrogens is 3. The van der Waals surface area contributed by atoms with Crippen LogP contribution in [0.2, 0.25) is 0 Å². The van der Waals surface area contributed by atoms with Crippen molar-refractivity contribution in [1.29, 1.82) is 0 Å². The molecule has 0 bridgehead atoms. The van der Waals surface area contributed by atoms with E-state index in [9.17, 15) is 9.18 Å². The predicted molar refractivity (Wildman–Crippen MR) is 103 cm³/mol. The number of benzene rings is 3. The Labute approximate surface area is 153 Å². The Morgan fingerprint density at radius 3 is 2.30 bits per heavy atom. The minimum absolute atomic E-state index is 0.104. The van der Waals surface area contributed by atoms with Gasteiger partial charge in [-0.1, -0.05) is 30.3 Å². The molecule has 0 N–H and O–H groups in total. The summed E-state index contributed by atoms with van der Waals surface area (Å²) in [6.45, 7) is 0.114. The molecule has 2 aromatic heterocycles. The lowest BCUT2D eigenvalue weighted by molar-refractivity contribution is 0.0974. The van der Waals surface area contributed by atoms with Gasteiger partial charge < -0.3 is 4.57 Å². The van der Waals surface area contributed by atoms with E-state index in [0.29, 0.717) is 11.2 Å². The van der Waals surface area contributed by atoms with Crippen LogP contribution in [0.15, 0.2) is 72.8 Å². The molecule has 0 atom stereocenters. The Hall–Kier alpha value is -3.60. The molecule has 0 spiro atoms. The number of halogens is 1. The van der Waals surface area contributed by atoms with E-state index in [1.807, 2.05) is 53.1 Å². The van der Waals surface area contributed by atoms with Crippen LogP contribution in [-0.4, -0.2) is 20.3 Å². The Bertz CT molecular complexity index is 1320. The first-order valence-electron chi connectivity index (χ1n) is 8.63. The lowest BCUT2D eigenvalue weighted by Crippen LogP contribution is -2.11. The second-order valence-corrected chi connectivity index (χ2v) is 6.42. The third kappa shape index (κ3) is 2.56. The highest BCUT2D eigenvalue weighted by Crippen LogP contribution is 2.28. The van der Waals surface area contributed by atoms with Crippen molar-refractivity contribution in [3.63, 3.8) is 0 Å². The van der Waals surface area contributed by atoms with Crippen molar-refractivity contribution in [2.45, 2.75) is 6.54 Å². The second kappa shape index (κ2) is 5.99. The third-order valence-electron chi connectivity index (χ3n) is 4.73. The Balaban J connectivity index is 1.72. The third-order valence-corrected chi connectivity index (χ3v) is 4.73. The summed E-state index contributed by atoms with van der Waals surface area (Å²) in [7, 11) is 0. The number of carbonyl (C=O) groups excluding carboxylic acids is 1. The first-order valence-corrected chi connectivity index (χ1v) is 8.63. The topological polar surface area (TPSA) is 47.8 Å². The molecule has 4 nitrogen and oxygen atoms in total. The molecular weight excluding hydrogens is 341 g/mol. The van der Waals surface area contributed by atoms with Crippen LogP contribution in [0.25, 0.3) is 33.1 Å². The van der Waals surface area contributed by atoms with Crippen LogP contribution in [0.4, 0.5) is 4.39 Å². The first-order chi connectivity index (χ1) is 13.2. The van der Waals surface area contributed by atoms with Crippen LogP contribution in [0.1, 0.15) is 10.4 Å². The van der Waals surface area contributed by atoms with E-state index in [1.165, 1.54) is 24.3 Å². The summed E-state index contributed by atoms with van der Waals surface area (Å²) in [5.41, 5.74) is 4.41. The van der Waals surface area contributed by atoms with E-state index in [0.717, 1.165) is 27.5 Å². The monoisotopic (exact) mass is 355 g/mol. The van der Waals surface area contributed by atoms with E-state index < -0.39 is 0 Å². The number of ketones is 1. The number of Topliss-reactive ketones (excluding diaryl/α,β-unsaturated/α-hetero) is 1. The first kappa shape index (κ1) is 15.6. The van der Waals surface area contributed by atoms with Gasteiger partial charge in [0.2, 0.25) is 0 Å². The second-order valence-electron chi connectivity index (χ2n) is 6.42. The molecule has 5 rings (SSSR count). The molecule has 27 heavy (non-hydrogen) atoms. The lowest BCUT2D eigenvalue weighted by Gasteiger charge is -2.07. The number of rotatable bonds is 3. The van der Waals surface area contributed by atoms with Gasteiger partial charge in [0.05, 0.1) is 23.1 Å². The maximum Gasteiger partial charge on any atom is 0.182 e. The molecule has 0 saturated heterocycles. The molecule has 3 aromatic carbocycles. The molecule has 0 radical (unpaired) electrons. The fourth-order valence-corrected chi connectivity index (χ4v) is 3.41. The van der Waals surface area contributed by atoms with Crippen molar-refractivity contribution in [3.05, 3.63) is 84.2 Å². The average molecular weight is 355 g/mol. The maximum atomic E-state index is 13.2. The van der Waals surface area contributed by atoms with Crippen LogP contribution >= 0.6 is 0 Å². The van der Waals surface area contributed by atoms with Crippen molar-refractivity contribution in [3.8, 4) is 0 Å². The van der Waals surface area contributed by atoms with Crippen molar-refractivity contribution in [1.82, 2.24) is 14.5 Å². The minimum Gasteiger partial charge on any atom is -0.316 e. The fraction of sp³-hybridized carbons (Fsp3) is 0.0455. The zero-order valence-corrected chi connectivity index (χ0v) is 14.3. The minimum atomic E-state index is -0.360. The SMILES string of the molecule is O=C(Cn1c2ccccc2c2nc3ccccc3nc21)c1ccc(F)cc1. The van der Waals surface area contributed by atoms with Gasteiger partial charge in [-0.05, 0) is 42.5 Å². The highest BCUT2D eigenvalue weighted by atomic mass is 19.1. The van der Waals surface area contributed by atoms with Crippen LogP contribution in [0.3, 0.4) is 0 Å². The van der Waals surface area contributed by atoms with E-state index in [2.05, 4.69) is 0 Å². The van der Waals surface area contributed by atoms with Gasteiger partial charge in [0, 0.05) is 10.9 Å². The van der Waals surface area contributed by atoms with Crippen molar-refractivity contribution < 1.29 is 9.18 Å². The Morgan fingerprint density at radius 2 is 1.52 bits per heavy atom. The van der Waals surface area contributed by atoms with Crippen LogP contribution in [0.5, 0.6) is 0 Å². The Morgan fingerprint density at radius 1 is 0.852 bits per heavy atom. The van der Waals surface area contributed by atoms with Crippen LogP contribution < -0.4 is 0 Å².